The number of anilines is 1. The minimum Gasteiger partial charge on any atom is -0.492 e. The predicted octanol–water partition coefficient (Wildman–Crippen LogP) is 4.93. The number of carbonyl (C=O) groups is 2. The Hall–Kier alpha value is -3.02. The Morgan fingerprint density at radius 1 is 1.05 bits per heavy atom. The van der Waals surface area contributed by atoms with Crippen LogP contribution in [0.15, 0.2) is 87.1 Å². The van der Waals surface area contributed by atoms with Gasteiger partial charge >= 0.3 is 0 Å². The minimum absolute atomic E-state index is 0.0392. The summed E-state index contributed by atoms with van der Waals surface area (Å²) in [6.07, 6.45) is 1.90. The van der Waals surface area contributed by atoms with Gasteiger partial charge in [-0.05, 0) is 74.2 Å². The van der Waals surface area contributed by atoms with Crippen LogP contribution in [0.25, 0.3) is 0 Å². The first kappa shape index (κ1) is 30.5. The van der Waals surface area contributed by atoms with E-state index in [1.54, 1.807) is 50.2 Å². The van der Waals surface area contributed by atoms with Crippen LogP contribution in [0.4, 0.5) is 5.69 Å². The van der Waals surface area contributed by atoms with Crippen molar-refractivity contribution in [1.82, 2.24) is 10.2 Å². The van der Waals surface area contributed by atoms with Gasteiger partial charge in [0.2, 0.25) is 11.8 Å². The molecular weight excluding hydrogens is 602 g/mol. The molecule has 0 radical (unpaired) electrons. The summed E-state index contributed by atoms with van der Waals surface area (Å²) in [5, 5.41) is 2.58. The summed E-state index contributed by atoms with van der Waals surface area (Å²) in [4.78, 5) is 28.9. The van der Waals surface area contributed by atoms with Crippen LogP contribution in [0.5, 0.6) is 5.75 Å². The lowest BCUT2D eigenvalue weighted by atomic mass is 10.1. The molecule has 0 unspecified atom stereocenters. The molecule has 1 N–H and O–H groups in total. The number of sulfonamides is 1. The summed E-state index contributed by atoms with van der Waals surface area (Å²) >= 11 is 4.93. The van der Waals surface area contributed by atoms with Crippen LogP contribution in [0.3, 0.4) is 0 Å². The summed E-state index contributed by atoms with van der Waals surface area (Å²) in [6, 6.07) is 19.7. The van der Waals surface area contributed by atoms with E-state index in [-0.39, 0.29) is 23.0 Å². The molecule has 39 heavy (non-hydrogen) atoms. The number of hydrogen-bond donors (Lipinski definition) is 1. The Bertz CT molecular complexity index is 1400. The molecule has 2 amide bonds. The summed E-state index contributed by atoms with van der Waals surface area (Å²) in [7, 11) is -2.70. The van der Waals surface area contributed by atoms with Crippen molar-refractivity contribution in [2.24, 2.45) is 0 Å². The summed E-state index contributed by atoms with van der Waals surface area (Å²) in [5.74, 6) is -0.577. The Kier molecular flexibility index (Phi) is 10.8. The number of para-hydroxylation sites is 2. The molecule has 0 bridgehead atoms. The van der Waals surface area contributed by atoms with Crippen molar-refractivity contribution < 1.29 is 22.7 Å². The molecular formula is C28H32BrN3O5S2. The molecule has 0 spiro atoms. The number of halogens is 1. The standard InChI is InChI=1S/C28H32BrN3O5S2/c1-5-37-26-12-7-6-11-25(26)32(39(35,36)24-15-13-23(38-4)14-16-24)19-27(33)31(20(2)28(34)30-3)18-21-9-8-10-22(29)17-21/h6-17,20H,5,18-19H2,1-4H3,(H,30,34)/t20-/m0/s1. The maximum atomic E-state index is 14.0. The Labute approximate surface area is 242 Å². The fourth-order valence-electron chi connectivity index (χ4n) is 3.95. The Morgan fingerprint density at radius 3 is 2.36 bits per heavy atom. The number of nitrogens with zero attached hydrogens (tertiary/aromatic N) is 2. The number of hydrogen-bond acceptors (Lipinski definition) is 6. The van der Waals surface area contributed by atoms with Gasteiger partial charge in [-0.2, -0.15) is 0 Å². The fraction of sp³-hybridized carbons (Fsp3) is 0.286. The van der Waals surface area contributed by atoms with Gasteiger partial charge in [-0.3, -0.25) is 13.9 Å². The van der Waals surface area contributed by atoms with Crippen LogP contribution in [0.2, 0.25) is 0 Å². The molecule has 0 saturated heterocycles. The van der Waals surface area contributed by atoms with E-state index in [9.17, 15) is 18.0 Å². The SMILES string of the molecule is CCOc1ccccc1N(CC(=O)N(Cc1cccc(Br)c1)[C@@H](C)C(=O)NC)S(=O)(=O)c1ccc(SC)cc1. The lowest BCUT2D eigenvalue weighted by Crippen LogP contribution is -2.50. The van der Waals surface area contributed by atoms with Crippen molar-refractivity contribution in [2.45, 2.75) is 36.2 Å². The third kappa shape index (κ3) is 7.55. The Morgan fingerprint density at radius 2 is 1.74 bits per heavy atom. The summed E-state index contributed by atoms with van der Waals surface area (Å²) < 4.78 is 35.6. The highest BCUT2D eigenvalue weighted by Gasteiger charge is 2.33. The van der Waals surface area contributed by atoms with E-state index in [2.05, 4.69) is 21.2 Å². The highest BCUT2D eigenvalue weighted by molar-refractivity contribution is 9.10. The molecule has 208 valence electrons. The topological polar surface area (TPSA) is 96.0 Å². The highest BCUT2D eigenvalue weighted by Crippen LogP contribution is 2.33. The fourth-order valence-corrected chi connectivity index (χ4v) is 6.23. The summed E-state index contributed by atoms with van der Waals surface area (Å²) in [6.45, 7) is 3.29. The van der Waals surface area contributed by atoms with Crippen LogP contribution in [0, 0.1) is 0 Å². The second-order valence-electron chi connectivity index (χ2n) is 8.53. The number of rotatable bonds is 12. The van der Waals surface area contributed by atoms with Crippen molar-refractivity contribution in [1.29, 1.82) is 0 Å². The van der Waals surface area contributed by atoms with Crippen molar-refractivity contribution in [2.75, 3.05) is 30.8 Å². The normalized spacial score (nSPS) is 11.9. The molecule has 1 atom stereocenters. The first-order valence-corrected chi connectivity index (χ1v) is 15.7. The number of benzene rings is 3. The molecule has 11 heteroatoms. The van der Waals surface area contributed by atoms with Gasteiger partial charge in [0, 0.05) is 23.0 Å². The molecule has 0 aromatic heterocycles. The highest BCUT2D eigenvalue weighted by atomic mass is 79.9. The van der Waals surface area contributed by atoms with Crippen molar-refractivity contribution in [3.8, 4) is 5.75 Å². The molecule has 8 nitrogen and oxygen atoms in total. The van der Waals surface area contributed by atoms with E-state index in [4.69, 9.17) is 4.74 Å². The summed E-state index contributed by atoms with van der Waals surface area (Å²) in [5.41, 5.74) is 1.02. The van der Waals surface area contributed by atoms with Gasteiger partial charge in [0.05, 0.1) is 17.2 Å². The molecule has 0 aliphatic carbocycles. The number of ether oxygens (including phenoxy) is 1. The smallest absolute Gasteiger partial charge is 0.264 e. The number of amides is 2. The number of thioether (sulfide) groups is 1. The van der Waals surface area contributed by atoms with Crippen molar-refractivity contribution >= 4 is 55.2 Å². The monoisotopic (exact) mass is 633 g/mol. The van der Waals surface area contributed by atoms with Crippen LogP contribution >= 0.6 is 27.7 Å². The average Bonchev–Trinajstić information content (AvgIpc) is 2.94. The van der Waals surface area contributed by atoms with Gasteiger partial charge in [-0.15, -0.1) is 11.8 Å². The minimum atomic E-state index is -4.19. The van der Waals surface area contributed by atoms with Crippen molar-refractivity contribution in [3.63, 3.8) is 0 Å². The van der Waals surface area contributed by atoms with E-state index in [0.29, 0.717) is 12.4 Å². The largest absolute Gasteiger partial charge is 0.492 e. The average molecular weight is 635 g/mol. The van der Waals surface area contributed by atoms with Gasteiger partial charge in [0.15, 0.2) is 0 Å². The van der Waals surface area contributed by atoms with Crippen LogP contribution < -0.4 is 14.4 Å². The zero-order chi connectivity index (χ0) is 28.6. The second kappa shape index (κ2) is 13.9. The molecule has 3 aromatic carbocycles. The molecule has 3 rings (SSSR count). The molecule has 0 heterocycles. The van der Waals surface area contributed by atoms with Gasteiger partial charge in [-0.1, -0.05) is 40.2 Å². The van der Waals surface area contributed by atoms with E-state index in [0.717, 1.165) is 19.2 Å². The molecule has 0 fully saturated rings. The number of carbonyl (C=O) groups excluding carboxylic acids is 2. The van der Waals surface area contributed by atoms with E-state index in [1.807, 2.05) is 30.5 Å². The van der Waals surface area contributed by atoms with Crippen LogP contribution in [0.1, 0.15) is 19.4 Å². The number of nitrogens with one attached hydrogen (secondary N) is 1. The Balaban J connectivity index is 2.09. The third-order valence-corrected chi connectivity index (χ3v) is 9.03. The first-order valence-electron chi connectivity index (χ1n) is 12.3. The van der Waals surface area contributed by atoms with Gasteiger partial charge in [0.1, 0.15) is 18.3 Å². The van der Waals surface area contributed by atoms with Crippen LogP contribution in [-0.2, 0) is 26.2 Å². The van der Waals surface area contributed by atoms with Gasteiger partial charge in [0.25, 0.3) is 10.0 Å². The van der Waals surface area contributed by atoms with E-state index < -0.39 is 28.5 Å². The third-order valence-electron chi connectivity index (χ3n) is 6.02. The molecule has 0 saturated carbocycles. The van der Waals surface area contributed by atoms with E-state index >= 15 is 0 Å². The molecule has 0 aliphatic heterocycles. The van der Waals surface area contributed by atoms with E-state index in [1.165, 1.54) is 35.8 Å². The first-order chi connectivity index (χ1) is 18.6. The van der Waals surface area contributed by atoms with Crippen LogP contribution in [-0.4, -0.2) is 57.6 Å². The predicted molar refractivity (Wildman–Crippen MR) is 159 cm³/mol. The zero-order valence-corrected chi connectivity index (χ0v) is 25.5. The molecule has 3 aromatic rings. The number of likely N-dealkylation sites (N-methyl/N-ethyl adjacent to an activating group) is 1. The quantitative estimate of drug-likeness (QED) is 0.284. The zero-order valence-electron chi connectivity index (χ0n) is 22.3. The van der Waals surface area contributed by atoms with Crippen molar-refractivity contribution in [3.05, 3.63) is 82.8 Å². The van der Waals surface area contributed by atoms with Gasteiger partial charge < -0.3 is 15.0 Å². The molecule has 0 aliphatic rings. The maximum absolute atomic E-state index is 14.0. The second-order valence-corrected chi connectivity index (χ2v) is 12.2. The lowest BCUT2D eigenvalue weighted by Gasteiger charge is -2.32. The maximum Gasteiger partial charge on any atom is 0.264 e. The van der Waals surface area contributed by atoms with Gasteiger partial charge in [-0.25, -0.2) is 8.42 Å². The lowest BCUT2D eigenvalue weighted by molar-refractivity contribution is -0.139.